The van der Waals surface area contributed by atoms with Crippen LogP contribution >= 0.6 is 15.9 Å². The maximum atomic E-state index is 5.99. The molecule has 0 spiro atoms. The van der Waals surface area contributed by atoms with Crippen LogP contribution in [0.15, 0.2) is 28.8 Å². The van der Waals surface area contributed by atoms with Crippen LogP contribution in [-0.4, -0.2) is 19.8 Å². The Kier molecular flexibility index (Phi) is 6.95. The first-order valence-electron chi connectivity index (χ1n) is 6.48. The van der Waals surface area contributed by atoms with Gasteiger partial charge in [-0.15, -0.1) is 0 Å². The zero-order valence-corrected chi connectivity index (χ0v) is 13.4. The fourth-order valence-electron chi connectivity index (χ4n) is 1.71. The normalized spacial score (nSPS) is 12.7. The molecule has 1 aromatic carbocycles. The maximum Gasteiger partial charge on any atom is 0.175 e. The molecule has 0 bridgehead atoms. The molecule has 1 unspecified atom stereocenters. The molecule has 4 heteroatoms. The van der Waals surface area contributed by atoms with Gasteiger partial charge in [-0.2, -0.15) is 0 Å². The Hall–Kier alpha value is -1.00. The van der Waals surface area contributed by atoms with E-state index in [2.05, 4.69) is 22.9 Å². The lowest BCUT2D eigenvalue weighted by Gasteiger charge is -2.15. The van der Waals surface area contributed by atoms with E-state index >= 15 is 0 Å². The zero-order valence-electron chi connectivity index (χ0n) is 11.8. The molecule has 0 aliphatic carbocycles. The largest absolute Gasteiger partial charge is 0.493 e. The SMILES string of the molecule is C/C=C/COc1c(Br)cc(CC(N)CC)cc1OC. The Balaban J connectivity index is 2.93. The van der Waals surface area contributed by atoms with Crippen LogP contribution < -0.4 is 15.2 Å². The number of benzene rings is 1. The Bertz CT molecular complexity index is 432. The van der Waals surface area contributed by atoms with Crippen LogP contribution in [-0.2, 0) is 6.42 Å². The van der Waals surface area contributed by atoms with Crippen LogP contribution in [0.3, 0.4) is 0 Å². The molecule has 0 heterocycles. The van der Waals surface area contributed by atoms with E-state index in [-0.39, 0.29) is 6.04 Å². The van der Waals surface area contributed by atoms with Crippen molar-refractivity contribution < 1.29 is 9.47 Å². The molecular weight excluding hydrogens is 306 g/mol. The summed E-state index contributed by atoms with van der Waals surface area (Å²) in [5.41, 5.74) is 7.14. The molecule has 0 saturated heterocycles. The average Bonchev–Trinajstić information content (AvgIpc) is 2.40. The topological polar surface area (TPSA) is 44.5 Å². The van der Waals surface area contributed by atoms with Crippen molar-refractivity contribution in [3.05, 3.63) is 34.3 Å². The predicted octanol–water partition coefficient (Wildman–Crippen LogP) is 3.69. The van der Waals surface area contributed by atoms with Gasteiger partial charge in [-0.3, -0.25) is 0 Å². The van der Waals surface area contributed by atoms with Gasteiger partial charge in [-0.25, -0.2) is 0 Å². The molecular formula is C15H22BrNO2. The van der Waals surface area contributed by atoms with Gasteiger partial charge in [0.25, 0.3) is 0 Å². The van der Waals surface area contributed by atoms with Crippen molar-refractivity contribution in [1.82, 2.24) is 0 Å². The van der Waals surface area contributed by atoms with Gasteiger partial charge < -0.3 is 15.2 Å². The fraction of sp³-hybridized carbons (Fsp3) is 0.467. The van der Waals surface area contributed by atoms with Crippen LogP contribution in [0, 0.1) is 0 Å². The first-order chi connectivity index (χ1) is 9.12. The lowest BCUT2D eigenvalue weighted by Crippen LogP contribution is -2.21. The molecule has 0 amide bonds. The zero-order chi connectivity index (χ0) is 14.3. The van der Waals surface area contributed by atoms with Crippen molar-refractivity contribution in [3.63, 3.8) is 0 Å². The highest BCUT2D eigenvalue weighted by molar-refractivity contribution is 9.10. The third-order valence-corrected chi connectivity index (χ3v) is 3.46. The van der Waals surface area contributed by atoms with Gasteiger partial charge in [-0.05, 0) is 53.4 Å². The van der Waals surface area contributed by atoms with Crippen molar-refractivity contribution in [1.29, 1.82) is 0 Å². The number of allylic oxidation sites excluding steroid dienone is 1. The Morgan fingerprint density at radius 3 is 2.74 bits per heavy atom. The Morgan fingerprint density at radius 2 is 2.16 bits per heavy atom. The second kappa shape index (κ2) is 8.23. The number of hydrogen-bond donors (Lipinski definition) is 1. The number of rotatable bonds is 7. The van der Waals surface area contributed by atoms with Crippen molar-refractivity contribution in [2.75, 3.05) is 13.7 Å². The number of nitrogens with two attached hydrogens (primary N) is 1. The van der Waals surface area contributed by atoms with Crippen LogP contribution in [0.1, 0.15) is 25.8 Å². The number of halogens is 1. The molecule has 0 saturated carbocycles. The molecule has 1 rings (SSSR count). The van der Waals surface area contributed by atoms with Gasteiger partial charge in [-0.1, -0.05) is 19.1 Å². The summed E-state index contributed by atoms with van der Waals surface area (Å²) >= 11 is 3.53. The minimum atomic E-state index is 0.173. The van der Waals surface area contributed by atoms with Gasteiger partial charge in [0.15, 0.2) is 11.5 Å². The highest BCUT2D eigenvalue weighted by atomic mass is 79.9. The van der Waals surface area contributed by atoms with Crippen molar-refractivity contribution >= 4 is 15.9 Å². The molecule has 1 atom stereocenters. The minimum absolute atomic E-state index is 0.173. The highest BCUT2D eigenvalue weighted by Crippen LogP contribution is 2.37. The van der Waals surface area contributed by atoms with Gasteiger partial charge >= 0.3 is 0 Å². The lowest BCUT2D eigenvalue weighted by atomic mass is 10.0. The quantitative estimate of drug-likeness (QED) is 0.777. The summed E-state index contributed by atoms with van der Waals surface area (Å²) < 4.78 is 12.0. The number of ether oxygens (including phenoxy) is 2. The molecule has 19 heavy (non-hydrogen) atoms. The molecule has 2 N–H and O–H groups in total. The van der Waals surface area contributed by atoms with E-state index in [1.165, 1.54) is 0 Å². The summed E-state index contributed by atoms with van der Waals surface area (Å²) in [7, 11) is 1.65. The summed E-state index contributed by atoms with van der Waals surface area (Å²) in [6.07, 6.45) is 5.70. The third-order valence-electron chi connectivity index (χ3n) is 2.87. The van der Waals surface area contributed by atoms with E-state index in [1.54, 1.807) is 7.11 Å². The van der Waals surface area contributed by atoms with Gasteiger partial charge in [0.1, 0.15) is 6.61 Å². The van der Waals surface area contributed by atoms with Crippen LogP contribution in [0.2, 0.25) is 0 Å². The summed E-state index contributed by atoms with van der Waals surface area (Å²) in [5.74, 6) is 1.46. The lowest BCUT2D eigenvalue weighted by molar-refractivity contribution is 0.324. The third kappa shape index (κ3) is 4.88. The molecule has 0 fully saturated rings. The summed E-state index contributed by atoms with van der Waals surface area (Å²) in [5, 5.41) is 0. The van der Waals surface area contributed by atoms with E-state index in [0.717, 1.165) is 34.4 Å². The second-order valence-electron chi connectivity index (χ2n) is 4.36. The maximum absolute atomic E-state index is 5.99. The molecule has 106 valence electrons. The predicted molar refractivity (Wildman–Crippen MR) is 83.0 cm³/mol. The summed E-state index contributed by atoms with van der Waals surface area (Å²) in [4.78, 5) is 0. The van der Waals surface area contributed by atoms with Gasteiger partial charge in [0.2, 0.25) is 0 Å². The van der Waals surface area contributed by atoms with Crippen molar-refractivity contribution in [2.45, 2.75) is 32.7 Å². The first-order valence-corrected chi connectivity index (χ1v) is 7.27. The van der Waals surface area contributed by atoms with Crippen LogP contribution in [0.4, 0.5) is 0 Å². The van der Waals surface area contributed by atoms with Gasteiger partial charge in [0.05, 0.1) is 11.6 Å². The van der Waals surface area contributed by atoms with E-state index < -0.39 is 0 Å². The minimum Gasteiger partial charge on any atom is -0.493 e. The molecule has 3 nitrogen and oxygen atoms in total. The van der Waals surface area contributed by atoms with E-state index in [0.29, 0.717) is 6.61 Å². The van der Waals surface area contributed by atoms with Gasteiger partial charge in [0, 0.05) is 6.04 Å². The van der Waals surface area contributed by atoms with E-state index in [1.807, 2.05) is 31.2 Å². The number of methoxy groups -OCH3 is 1. The molecule has 0 aliphatic rings. The average molecular weight is 328 g/mol. The Morgan fingerprint density at radius 1 is 1.42 bits per heavy atom. The van der Waals surface area contributed by atoms with E-state index in [4.69, 9.17) is 15.2 Å². The molecule has 1 aromatic rings. The highest BCUT2D eigenvalue weighted by Gasteiger charge is 2.12. The standard InChI is InChI=1S/C15H22BrNO2/c1-4-6-7-19-15-13(16)9-11(8-12(17)5-2)10-14(15)18-3/h4,6,9-10,12H,5,7-8,17H2,1-3H3/b6-4+. The Labute approximate surface area is 123 Å². The smallest absolute Gasteiger partial charge is 0.175 e. The molecule has 0 radical (unpaired) electrons. The fourth-order valence-corrected chi connectivity index (χ4v) is 2.31. The van der Waals surface area contributed by atoms with Crippen molar-refractivity contribution in [2.24, 2.45) is 5.73 Å². The van der Waals surface area contributed by atoms with Crippen LogP contribution in [0.25, 0.3) is 0 Å². The number of hydrogen-bond acceptors (Lipinski definition) is 3. The second-order valence-corrected chi connectivity index (χ2v) is 5.22. The van der Waals surface area contributed by atoms with Crippen molar-refractivity contribution in [3.8, 4) is 11.5 Å². The summed E-state index contributed by atoms with van der Waals surface area (Å²) in [6.45, 7) is 4.58. The monoisotopic (exact) mass is 327 g/mol. The van der Waals surface area contributed by atoms with Crippen LogP contribution in [0.5, 0.6) is 11.5 Å². The molecule has 0 aliphatic heterocycles. The molecule has 0 aromatic heterocycles. The first kappa shape index (κ1) is 16.1. The van der Waals surface area contributed by atoms with E-state index in [9.17, 15) is 0 Å². The summed E-state index contributed by atoms with van der Waals surface area (Å²) in [6, 6.07) is 4.21.